The van der Waals surface area contributed by atoms with Crippen molar-refractivity contribution >= 4 is 17.6 Å². The number of oxime groups is 1. The first kappa shape index (κ1) is 8.47. The molecular formula is C5H7N3O4. The molecule has 0 aromatic carbocycles. The van der Waals surface area contributed by atoms with Gasteiger partial charge in [0.25, 0.3) is 5.91 Å². The number of nitrogens with one attached hydrogen (secondary N) is 2. The van der Waals surface area contributed by atoms with Crippen molar-refractivity contribution in [2.75, 3.05) is 0 Å². The first-order chi connectivity index (χ1) is 5.47. The largest absolute Gasteiger partial charge is 0.410 e. The van der Waals surface area contributed by atoms with E-state index in [4.69, 9.17) is 5.21 Å². The van der Waals surface area contributed by atoms with Crippen molar-refractivity contribution in [2.45, 2.75) is 12.6 Å². The van der Waals surface area contributed by atoms with E-state index in [1.54, 1.807) is 5.32 Å². The summed E-state index contributed by atoms with van der Waals surface area (Å²) in [5.41, 5.74) is -2.48. The lowest BCUT2D eigenvalue weighted by Crippen LogP contribution is -2.65. The Bertz CT molecular complexity index is 270. The highest BCUT2D eigenvalue weighted by atomic mass is 16.4. The van der Waals surface area contributed by atoms with E-state index in [1.165, 1.54) is 0 Å². The van der Waals surface area contributed by atoms with Crippen LogP contribution in [0.25, 0.3) is 0 Å². The van der Waals surface area contributed by atoms with Crippen LogP contribution in [-0.4, -0.2) is 33.7 Å². The van der Waals surface area contributed by atoms with Gasteiger partial charge < -0.3 is 15.6 Å². The van der Waals surface area contributed by atoms with Crippen LogP contribution in [0.2, 0.25) is 0 Å². The molecule has 7 nitrogen and oxygen atoms in total. The molecule has 1 unspecified atom stereocenters. The summed E-state index contributed by atoms with van der Waals surface area (Å²) in [5, 5.41) is 23.9. The van der Waals surface area contributed by atoms with E-state index in [2.05, 4.69) is 5.16 Å². The number of aliphatic hydroxyl groups is 1. The molecule has 1 aliphatic rings. The molecule has 1 atom stereocenters. The second-order valence-corrected chi connectivity index (χ2v) is 2.43. The molecule has 0 spiro atoms. The summed E-state index contributed by atoms with van der Waals surface area (Å²) in [6.07, 6.45) is 0. The Morgan fingerprint density at radius 1 is 1.50 bits per heavy atom. The van der Waals surface area contributed by atoms with Gasteiger partial charge in [0.05, 0.1) is 0 Å². The molecule has 0 bridgehead atoms. The lowest BCUT2D eigenvalue weighted by Gasteiger charge is -2.28. The SMILES string of the molecule is CC1(O)NC(=O)NC(=O)C1=NO. The maximum Gasteiger partial charge on any atom is 0.324 e. The Labute approximate surface area is 67.1 Å². The molecule has 1 heterocycles. The standard InChI is InChI=1S/C5H7N3O4/c1-5(11)2(8-12)3(9)6-4(10)7-5/h11-12H,1H3,(H2,6,7,9,10). The highest BCUT2D eigenvalue weighted by Gasteiger charge is 2.40. The predicted molar refractivity (Wildman–Crippen MR) is 36.5 cm³/mol. The van der Waals surface area contributed by atoms with E-state index in [0.717, 1.165) is 6.92 Å². The topological polar surface area (TPSA) is 111 Å². The molecule has 4 N–H and O–H groups in total. The fourth-order valence-electron chi connectivity index (χ4n) is 0.838. The maximum absolute atomic E-state index is 10.8. The van der Waals surface area contributed by atoms with Crippen LogP contribution < -0.4 is 10.6 Å². The van der Waals surface area contributed by atoms with E-state index in [1.807, 2.05) is 5.32 Å². The van der Waals surface area contributed by atoms with Crippen LogP contribution >= 0.6 is 0 Å². The fourth-order valence-corrected chi connectivity index (χ4v) is 0.838. The van der Waals surface area contributed by atoms with Gasteiger partial charge in [-0.3, -0.25) is 10.1 Å². The summed E-state index contributed by atoms with van der Waals surface area (Å²) in [5.74, 6) is -0.925. The van der Waals surface area contributed by atoms with Crippen molar-refractivity contribution in [3.05, 3.63) is 0 Å². The lowest BCUT2D eigenvalue weighted by atomic mass is 10.1. The van der Waals surface area contributed by atoms with Gasteiger partial charge >= 0.3 is 6.03 Å². The van der Waals surface area contributed by atoms with Crippen molar-refractivity contribution < 1.29 is 19.9 Å². The fraction of sp³-hybridized carbons (Fsp3) is 0.400. The van der Waals surface area contributed by atoms with Crippen LogP contribution in [0, 0.1) is 0 Å². The number of amides is 3. The predicted octanol–water partition coefficient (Wildman–Crippen LogP) is -1.64. The smallest absolute Gasteiger partial charge is 0.324 e. The molecule has 0 saturated carbocycles. The summed E-state index contributed by atoms with van der Waals surface area (Å²) in [4.78, 5) is 21.4. The number of carbonyl (C=O) groups excluding carboxylic acids is 2. The summed E-state index contributed by atoms with van der Waals surface area (Å²) < 4.78 is 0. The number of urea groups is 1. The van der Waals surface area contributed by atoms with Gasteiger partial charge in [-0.2, -0.15) is 0 Å². The normalized spacial score (nSPS) is 33.0. The molecule has 3 amide bonds. The molecule has 0 aromatic heterocycles. The number of carbonyl (C=O) groups is 2. The van der Waals surface area contributed by atoms with E-state index in [-0.39, 0.29) is 0 Å². The van der Waals surface area contributed by atoms with Crippen LogP contribution in [0.5, 0.6) is 0 Å². The molecule has 0 aliphatic carbocycles. The number of rotatable bonds is 0. The molecule has 1 aliphatic heterocycles. The summed E-state index contributed by atoms with van der Waals surface area (Å²) >= 11 is 0. The first-order valence-corrected chi connectivity index (χ1v) is 3.06. The Morgan fingerprint density at radius 3 is 2.50 bits per heavy atom. The van der Waals surface area contributed by atoms with Crippen molar-refractivity contribution in [1.82, 2.24) is 10.6 Å². The number of hydrogen-bond acceptors (Lipinski definition) is 5. The van der Waals surface area contributed by atoms with Crippen LogP contribution in [0.4, 0.5) is 4.79 Å². The molecule has 1 rings (SSSR count). The first-order valence-electron chi connectivity index (χ1n) is 3.06. The minimum atomic E-state index is -1.92. The molecule has 66 valence electrons. The monoisotopic (exact) mass is 173 g/mol. The number of imide groups is 1. The molecule has 0 aromatic rings. The molecule has 7 heteroatoms. The maximum atomic E-state index is 10.8. The molecule has 1 saturated heterocycles. The van der Waals surface area contributed by atoms with Gasteiger partial charge in [0.15, 0.2) is 11.4 Å². The highest BCUT2D eigenvalue weighted by molar-refractivity contribution is 6.45. The third kappa shape index (κ3) is 1.21. The summed E-state index contributed by atoms with van der Waals surface area (Å²) in [6, 6.07) is -0.836. The highest BCUT2D eigenvalue weighted by Crippen LogP contribution is 2.05. The van der Waals surface area contributed by atoms with Crippen LogP contribution in [0.3, 0.4) is 0 Å². The quantitative estimate of drug-likeness (QED) is 0.260. The van der Waals surface area contributed by atoms with Crippen LogP contribution in [0.1, 0.15) is 6.92 Å². The average molecular weight is 173 g/mol. The van der Waals surface area contributed by atoms with Crippen molar-refractivity contribution in [1.29, 1.82) is 0 Å². The Morgan fingerprint density at radius 2 is 2.08 bits per heavy atom. The van der Waals surface area contributed by atoms with Gasteiger partial charge in [-0.05, 0) is 6.92 Å². The number of nitrogens with zero attached hydrogens (tertiary/aromatic N) is 1. The van der Waals surface area contributed by atoms with Crippen LogP contribution in [0.15, 0.2) is 5.16 Å². The second-order valence-electron chi connectivity index (χ2n) is 2.43. The Balaban J connectivity index is 3.01. The Hall–Kier alpha value is -1.63. The molecule has 1 fully saturated rings. The lowest BCUT2D eigenvalue weighted by molar-refractivity contribution is -0.115. The van der Waals surface area contributed by atoms with E-state index < -0.39 is 23.4 Å². The van der Waals surface area contributed by atoms with Gasteiger partial charge in [-0.15, -0.1) is 0 Å². The van der Waals surface area contributed by atoms with E-state index in [9.17, 15) is 14.7 Å². The molecule has 0 radical (unpaired) electrons. The zero-order chi connectivity index (χ0) is 9.35. The summed E-state index contributed by atoms with van der Waals surface area (Å²) in [6.45, 7) is 1.12. The van der Waals surface area contributed by atoms with Gasteiger partial charge in [0, 0.05) is 0 Å². The summed E-state index contributed by atoms with van der Waals surface area (Å²) in [7, 11) is 0. The van der Waals surface area contributed by atoms with Gasteiger partial charge in [0.2, 0.25) is 0 Å². The minimum absolute atomic E-state index is 0.554. The molecular weight excluding hydrogens is 166 g/mol. The van der Waals surface area contributed by atoms with Crippen molar-refractivity contribution in [2.24, 2.45) is 5.16 Å². The zero-order valence-electron chi connectivity index (χ0n) is 6.16. The van der Waals surface area contributed by atoms with Crippen molar-refractivity contribution in [3.8, 4) is 0 Å². The number of hydrogen-bond donors (Lipinski definition) is 4. The second kappa shape index (κ2) is 2.45. The third-order valence-electron chi connectivity index (χ3n) is 1.36. The van der Waals surface area contributed by atoms with Crippen molar-refractivity contribution in [3.63, 3.8) is 0 Å². The van der Waals surface area contributed by atoms with Gasteiger partial charge in [0.1, 0.15) is 0 Å². The van der Waals surface area contributed by atoms with Crippen LogP contribution in [-0.2, 0) is 4.79 Å². The third-order valence-corrected chi connectivity index (χ3v) is 1.36. The average Bonchev–Trinajstić information content (AvgIpc) is 1.82. The van der Waals surface area contributed by atoms with Gasteiger partial charge in [-0.25, -0.2) is 4.79 Å². The Kier molecular flexibility index (Phi) is 1.73. The van der Waals surface area contributed by atoms with E-state index in [0.29, 0.717) is 0 Å². The molecule has 12 heavy (non-hydrogen) atoms. The zero-order valence-corrected chi connectivity index (χ0v) is 6.16. The van der Waals surface area contributed by atoms with Gasteiger partial charge in [-0.1, -0.05) is 5.16 Å². The van der Waals surface area contributed by atoms with E-state index >= 15 is 0 Å². The minimum Gasteiger partial charge on any atom is -0.410 e.